The monoisotopic (exact) mass is 391 g/mol. The molecule has 0 saturated heterocycles. The Labute approximate surface area is 139 Å². The van der Waals surface area contributed by atoms with Crippen LogP contribution in [0.15, 0.2) is 23.2 Å². The van der Waals surface area contributed by atoms with E-state index in [0.29, 0.717) is 19.1 Å². The van der Waals surface area contributed by atoms with Gasteiger partial charge >= 0.3 is 0 Å². The number of hydrogen-bond acceptors (Lipinski definition) is 2. The average molecular weight is 391 g/mol. The van der Waals surface area contributed by atoms with Crippen molar-refractivity contribution in [2.24, 2.45) is 10.7 Å². The summed E-state index contributed by atoms with van der Waals surface area (Å²) in [5.74, 6) is 1.40. The SMILES string of the molecule is Cc1cccc(C)c1OCCN=C(N)NC(C)(C)C.I. The number of aliphatic imine (C=N–C) groups is 1. The van der Waals surface area contributed by atoms with Crippen LogP contribution < -0.4 is 15.8 Å². The van der Waals surface area contributed by atoms with Gasteiger partial charge in [0.2, 0.25) is 0 Å². The lowest BCUT2D eigenvalue weighted by Gasteiger charge is -2.21. The van der Waals surface area contributed by atoms with E-state index >= 15 is 0 Å². The first-order valence-electron chi connectivity index (χ1n) is 6.57. The van der Waals surface area contributed by atoms with E-state index in [4.69, 9.17) is 10.5 Å². The highest BCUT2D eigenvalue weighted by atomic mass is 127. The third-order valence-electron chi connectivity index (χ3n) is 2.53. The van der Waals surface area contributed by atoms with Gasteiger partial charge in [-0.1, -0.05) is 18.2 Å². The predicted octanol–water partition coefficient (Wildman–Crippen LogP) is 3.00. The zero-order valence-corrected chi connectivity index (χ0v) is 15.3. The molecule has 5 heteroatoms. The summed E-state index contributed by atoms with van der Waals surface area (Å²) in [6.45, 7) is 11.3. The molecule has 0 amide bonds. The van der Waals surface area contributed by atoms with Gasteiger partial charge in [0.1, 0.15) is 12.4 Å². The number of nitrogens with two attached hydrogens (primary N) is 1. The van der Waals surface area contributed by atoms with Gasteiger partial charge < -0.3 is 15.8 Å². The number of nitrogens with one attached hydrogen (secondary N) is 1. The first-order valence-corrected chi connectivity index (χ1v) is 6.57. The van der Waals surface area contributed by atoms with Crippen LogP contribution in [-0.4, -0.2) is 24.7 Å². The van der Waals surface area contributed by atoms with Gasteiger partial charge in [-0.25, -0.2) is 4.99 Å². The van der Waals surface area contributed by atoms with Gasteiger partial charge in [-0.2, -0.15) is 0 Å². The van der Waals surface area contributed by atoms with Gasteiger partial charge in [-0.05, 0) is 45.7 Å². The number of para-hydroxylation sites is 1. The van der Waals surface area contributed by atoms with Crippen molar-refractivity contribution >= 4 is 29.9 Å². The number of ether oxygens (including phenoxy) is 1. The second-order valence-corrected chi connectivity index (χ2v) is 5.71. The number of rotatable bonds is 4. The molecular weight excluding hydrogens is 365 g/mol. The summed E-state index contributed by atoms with van der Waals surface area (Å²) in [4.78, 5) is 4.24. The summed E-state index contributed by atoms with van der Waals surface area (Å²) in [5.41, 5.74) is 8.00. The van der Waals surface area contributed by atoms with Crippen LogP contribution in [0.25, 0.3) is 0 Å². The minimum absolute atomic E-state index is 0. The van der Waals surface area contributed by atoms with Crippen LogP contribution in [-0.2, 0) is 0 Å². The van der Waals surface area contributed by atoms with E-state index in [-0.39, 0.29) is 29.5 Å². The van der Waals surface area contributed by atoms with Gasteiger partial charge in [0.15, 0.2) is 5.96 Å². The Morgan fingerprint density at radius 3 is 2.30 bits per heavy atom. The van der Waals surface area contributed by atoms with E-state index in [9.17, 15) is 0 Å². The summed E-state index contributed by atoms with van der Waals surface area (Å²) >= 11 is 0. The highest BCUT2D eigenvalue weighted by molar-refractivity contribution is 14.0. The van der Waals surface area contributed by atoms with E-state index < -0.39 is 0 Å². The largest absolute Gasteiger partial charge is 0.491 e. The van der Waals surface area contributed by atoms with Gasteiger partial charge in [0, 0.05) is 5.54 Å². The molecule has 0 aliphatic carbocycles. The highest BCUT2D eigenvalue weighted by Crippen LogP contribution is 2.21. The summed E-state index contributed by atoms with van der Waals surface area (Å²) < 4.78 is 5.76. The molecule has 0 aliphatic rings. The fourth-order valence-electron chi connectivity index (χ4n) is 1.76. The fraction of sp³-hybridized carbons (Fsp3) is 0.533. The molecule has 0 atom stereocenters. The van der Waals surface area contributed by atoms with Crippen molar-refractivity contribution in [1.82, 2.24) is 5.32 Å². The van der Waals surface area contributed by atoms with Crippen LogP contribution in [0.3, 0.4) is 0 Å². The lowest BCUT2D eigenvalue weighted by molar-refractivity contribution is 0.324. The van der Waals surface area contributed by atoms with Crippen LogP contribution in [0.4, 0.5) is 0 Å². The van der Waals surface area contributed by atoms with E-state index in [0.717, 1.165) is 16.9 Å². The molecule has 0 spiro atoms. The van der Waals surface area contributed by atoms with E-state index in [1.807, 2.05) is 52.8 Å². The number of guanidine groups is 1. The predicted molar refractivity (Wildman–Crippen MR) is 96.2 cm³/mol. The smallest absolute Gasteiger partial charge is 0.189 e. The second kappa shape index (κ2) is 8.34. The van der Waals surface area contributed by atoms with Crippen molar-refractivity contribution in [3.8, 4) is 5.75 Å². The van der Waals surface area contributed by atoms with Crippen LogP contribution in [0.2, 0.25) is 0 Å². The molecule has 0 aromatic heterocycles. The van der Waals surface area contributed by atoms with Crippen molar-refractivity contribution in [2.75, 3.05) is 13.2 Å². The molecule has 0 unspecified atom stereocenters. The Balaban J connectivity index is 0.00000361. The van der Waals surface area contributed by atoms with Crippen LogP contribution in [0.1, 0.15) is 31.9 Å². The number of hydrogen-bond donors (Lipinski definition) is 2. The number of nitrogens with zero attached hydrogens (tertiary/aromatic N) is 1. The molecule has 0 heterocycles. The maximum absolute atomic E-state index is 5.78. The number of halogens is 1. The van der Waals surface area contributed by atoms with Crippen LogP contribution >= 0.6 is 24.0 Å². The molecule has 20 heavy (non-hydrogen) atoms. The van der Waals surface area contributed by atoms with Gasteiger partial charge in [0.05, 0.1) is 6.54 Å². The zero-order chi connectivity index (χ0) is 14.5. The molecular formula is C15H26IN3O. The Morgan fingerprint density at radius 2 is 1.80 bits per heavy atom. The van der Waals surface area contributed by atoms with Crippen molar-refractivity contribution in [3.63, 3.8) is 0 Å². The second-order valence-electron chi connectivity index (χ2n) is 5.71. The maximum atomic E-state index is 5.78. The number of aryl methyl sites for hydroxylation is 2. The molecule has 1 aromatic rings. The van der Waals surface area contributed by atoms with Crippen molar-refractivity contribution in [3.05, 3.63) is 29.3 Å². The normalized spacial score (nSPS) is 11.8. The Morgan fingerprint density at radius 1 is 1.25 bits per heavy atom. The van der Waals surface area contributed by atoms with Gasteiger partial charge in [-0.15, -0.1) is 24.0 Å². The fourth-order valence-corrected chi connectivity index (χ4v) is 1.76. The summed E-state index contributed by atoms with van der Waals surface area (Å²) in [5, 5.41) is 3.11. The molecule has 0 fully saturated rings. The first-order chi connectivity index (χ1) is 8.79. The Hall–Kier alpha value is -0.980. The minimum atomic E-state index is -0.0684. The summed E-state index contributed by atoms with van der Waals surface area (Å²) in [6, 6.07) is 6.11. The molecule has 0 saturated carbocycles. The molecule has 114 valence electrons. The lowest BCUT2D eigenvalue weighted by Crippen LogP contribution is -2.45. The van der Waals surface area contributed by atoms with Crippen molar-refractivity contribution in [2.45, 2.75) is 40.2 Å². The Kier molecular flexibility index (Phi) is 7.93. The summed E-state index contributed by atoms with van der Waals surface area (Å²) in [7, 11) is 0. The van der Waals surface area contributed by atoms with Crippen molar-refractivity contribution in [1.29, 1.82) is 0 Å². The third kappa shape index (κ3) is 6.98. The van der Waals surface area contributed by atoms with Crippen molar-refractivity contribution < 1.29 is 4.74 Å². The quantitative estimate of drug-likeness (QED) is 0.359. The maximum Gasteiger partial charge on any atom is 0.189 e. The molecule has 1 aromatic carbocycles. The van der Waals surface area contributed by atoms with E-state index in [2.05, 4.69) is 10.3 Å². The zero-order valence-electron chi connectivity index (χ0n) is 13.0. The third-order valence-corrected chi connectivity index (χ3v) is 2.53. The molecule has 0 radical (unpaired) electrons. The standard InChI is InChI=1S/C15H25N3O.HI/c1-11-7-6-8-12(2)13(11)19-10-9-17-14(16)18-15(3,4)5;/h6-8H,9-10H2,1-5H3,(H3,16,17,18);1H. The van der Waals surface area contributed by atoms with Gasteiger partial charge in [-0.3, -0.25) is 0 Å². The topological polar surface area (TPSA) is 59.6 Å². The van der Waals surface area contributed by atoms with Gasteiger partial charge in [0.25, 0.3) is 0 Å². The highest BCUT2D eigenvalue weighted by Gasteiger charge is 2.09. The van der Waals surface area contributed by atoms with E-state index in [1.54, 1.807) is 0 Å². The Bertz CT molecular complexity index is 433. The average Bonchev–Trinajstić information content (AvgIpc) is 2.25. The molecule has 0 bridgehead atoms. The van der Waals surface area contributed by atoms with E-state index in [1.165, 1.54) is 0 Å². The minimum Gasteiger partial charge on any atom is -0.491 e. The molecule has 1 rings (SSSR count). The number of benzene rings is 1. The van der Waals surface area contributed by atoms with Crippen LogP contribution in [0.5, 0.6) is 5.75 Å². The van der Waals surface area contributed by atoms with Crippen LogP contribution in [0, 0.1) is 13.8 Å². The molecule has 0 aliphatic heterocycles. The molecule has 4 nitrogen and oxygen atoms in total. The first kappa shape index (κ1) is 19.0. The molecule has 3 N–H and O–H groups in total. The summed E-state index contributed by atoms with van der Waals surface area (Å²) in [6.07, 6.45) is 0. The lowest BCUT2D eigenvalue weighted by atomic mass is 10.1.